The summed E-state index contributed by atoms with van der Waals surface area (Å²) >= 11 is 1.61. The molecule has 0 aliphatic heterocycles. The fourth-order valence-corrected chi connectivity index (χ4v) is 4.39. The van der Waals surface area contributed by atoms with E-state index in [0.717, 1.165) is 16.5 Å². The number of nitro groups is 1. The van der Waals surface area contributed by atoms with Gasteiger partial charge in [0.2, 0.25) is 0 Å². The molecule has 0 heterocycles. The first kappa shape index (κ1) is 23.1. The highest BCUT2D eigenvalue weighted by Gasteiger charge is 2.23. The van der Waals surface area contributed by atoms with Crippen LogP contribution >= 0.6 is 11.8 Å². The first-order chi connectivity index (χ1) is 15.3. The standard InChI is InChI=1S/C21H20N4O5S2/c1-30-20-6-4-3-5-18(20)24-32(28,29)21-13-16(25(26)27)9-12-19(21)23-22-14-15-7-10-17(31-2)11-8-15/h3-14,23-24H,1-2H3. The number of hydrogen-bond acceptors (Lipinski definition) is 8. The molecule has 11 heteroatoms. The molecule has 0 saturated carbocycles. The smallest absolute Gasteiger partial charge is 0.270 e. The Morgan fingerprint density at radius 3 is 2.44 bits per heavy atom. The van der Waals surface area contributed by atoms with Crippen molar-refractivity contribution in [1.29, 1.82) is 0 Å². The van der Waals surface area contributed by atoms with Crippen molar-refractivity contribution in [2.75, 3.05) is 23.5 Å². The van der Waals surface area contributed by atoms with Crippen LogP contribution in [0.3, 0.4) is 0 Å². The van der Waals surface area contributed by atoms with E-state index in [2.05, 4.69) is 15.2 Å². The first-order valence-corrected chi connectivity index (χ1v) is 11.9. The highest BCUT2D eigenvalue weighted by atomic mass is 32.2. The lowest BCUT2D eigenvalue weighted by Gasteiger charge is -2.14. The van der Waals surface area contributed by atoms with E-state index in [1.807, 2.05) is 30.5 Å². The number of nitro benzene ring substituents is 1. The van der Waals surface area contributed by atoms with E-state index < -0.39 is 14.9 Å². The number of rotatable bonds is 9. The Labute approximate surface area is 189 Å². The van der Waals surface area contributed by atoms with Crippen LogP contribution in [0.5, 0.6) is 5.75 Å². The minimum absolute atomic E-state index is 0.0787. The van der Waals surface area contributed by atoms with Gasteiger partial charge in [-0.05, 0) is 42.2 Å². The summed E-state index contributed by atoms with van der Waals surface area (Å²) < 4.78 is 33.8. The van der Waals surface area contributed by atoms with Crippen molar-refractivity contribution in [1.82, 2.24) is 0 Å². The number of thioether (sulfide) groups is 1. The molecule has 0 fully saturated rings. The molecule has 0 saturated heterocycles. The summed E-state index contributed by atoms with van der Waals surface area (Å²) in [6.07, 6.45) is 3.50. The normalized spacial score (nSPS) is 11.3. The van der Waals surface area contributed by atoms with Crippen molar-refractivity contribution < 1.29 is 18.1 Å². The fraction of sp³-hybridized carbons (Fsp3) is 0.0952. The Hall–Kier alpha value is -3.57. The third kappa shape index (κ3) is 5.56. The van der Waals surface area contributed by atoms with Gasteiger partial charge in [0, 0.05) is 17.0 Å². The van der Waals surface area contributed by atoms with Gasteiger partial charge in [-0.25, -0.2) is 8.42 Å². The van der Waals surface area contributed by atoms with E-state index in [1.54, 1.807) is 30.0 Å². The summed E-state index contributed by atoms with van der Waals surface area (Å²) in [7, 11) is -2.80. The van der Waals surface area contributed by atoms with Crippen molar-refractivity contribution in [2.45, 2.75) is 9.79 Å². The maximum Gasteiger partial charge on any atom is 0.270 e. The van der Waals surface area contributed by atoms with E-state index >= 15 is 0 Å². The number of benzene rings is 3. The molecule has 0 aliphatic rings. The zero-order valence-electron chi connectivity index (χ0n) is 17.2. The van der Waals surface area contributed by atoms with Gasteiger partial charge in [-0.1, -0.05) is 24.3 Å². The van der Waals surface area contributed by atoms with Crippen LogP contribution in [-0.2, 0) is 10.0 Å². The molecule has 0 radical (unpaired) electrons. The second kappa shape index (κ2) is 10.2. The Kier molecular flexibility index (Phi) is 7.33. The lowest BCUT2D eigenvalue weighted by Crippen LogP contribution is -2.15. The molecule has 0 aliphatic carbocycles. The molecule has 32 heavy (non-hydrogen) atoms. The molecular weight excluding hydrogens is 452 g/mol. The summed E-state index contributed by atoms with van der Waals surface area (Å²) in [6.45, 7) is 0. The van der Waals surface area contributed by atoms with Gasteiger partial charge in [0.05, 0.1) is 29.6 Å². The van der Waals surface area contributed by atoms with Crippen molar-refractivity contribution in [3.05, 3.63) is 82.4 Å². The van der Waals surface area contributed by atoms with Gasteiger partial charge in [0.1, 0.15) is 10.6 Å². The van der Waals surface area contributed by atoms with Gasteiger partial charge in [-0.3, -0.25) is 20.3 Å². The Morgan fingerprint density at radius 1 is 1.06 bits per heavy atom. The molecule has 3 rings (SSSR count). The Balaban J connectivity index is 1.93. The summed E-state index contributed by atoms with van der Waals surface area (Å²) in [5.74, 6) is 0.308. The fourth-order valence-electron chi connectivity index (χ4n) is 2.73. The molecule has 0 unspecified atom stereocenters. The predicted molar refractivity (Wildman–Crippen MR) is 126 cm³/mol. The van der Waals surface area contributed by atoms with Crippen LogP contribution in [0.2, 0.25) is 0 Å². The van der Waals surface area contributed by atoms with Gasteiger partial charge in [-0.2, -0.15) is 5.10 Å². The van der Waals surface area contributed by atoms with Crippen molar-refractivity contribution in [3.8, 4) is 5.75 Å². The van der Waals surface area contributed by atoms with Crippen LogP contribution in [0.1, 0.15) is 5.56 Å². The lowest BCUT2D eigenvalue weighted by molar-refractivity contribution is -0.385. The zero-order valence-corrected chi connectivity index (χ0v) is 18.8. The number of non-ortho nitro benzene ring substituents is 1. The van der Waals surface area contributed by atoms with Crippen molar-refractivity contribution in [2.24, 2.45) is 5.10 Å². The third-order valence-electron chi connectivity index (χ3n) is 4.33. The maximum absolute atomic E-state index is 13.1. The number of ether oxygens (including phenoxy) is 1. The summed E-state index contributed by atoms with van der Waals surface area (Å²) in [4.78, 5) is 11.3. The second-order valence-corrected chi connectivity index (χ2v) is 8.92. The minimum Gasteiger partial charge on any atom is -0.495 e. The average Bonchev–Trinajstić information content (AvgIpc) is 2.79. The molecule has 0 bridgehead atoms. The summed E-state index contributed by atoms with van der Waals surface area (Å²) in [6, 6.07) is 17.5. The monoisotopic (exact) mass is 472 g/mol. The van der Waals surface area contributed by atoms with E-state index in [-0.39, 0.29) is 22.0 Å². The summed E-state index contributed by atoms with van der Waals surface area (Å²) in [5.41, 5.74) is 3.38. The van der Waals surface area contributed by atoms with Crippen LogP contribution in [-0.4, -0.2) is 32.9 Å². The second-order valence-electron chi connectivity index (χ2n) is 6.39. The number of hydrazone groups is 1. The maximum atomic E-state index is 13.1. The molecule has 166 valence electrons. The van der Waals surface area contributed by atoms with Crippen LogP contribution < -0.4 is 14.9 Å². The lowest BCUT2D eigenvalue weighted by atomic mass is 10.2. The van der Waals surface area contributed by atoms with Crippen LogP contribution in [0.25, 0.3) is 0 Å². The SMILES string of the molecule is COc1ccccc1NS(=O)(=O)c1cc([N+](=O)[O-])ccc1NN=Cc1ccc(SC)cc1. The van der Waals surface area contributed by atoms with Gasteiger partial charge in [0.15, 0.2) is 0 Å². The molecule has 0 atom stereocenters. The van der Waals surface area contributed by atoms with E-state index in [9.17, 15) is 18.5 Å². The molecule has 0 aromatic heterocycles. The first-order valence-electron chi connectivity index (χ1n) is 9.21. The number of nitrogens with zero attached hydrogens (tertiary/aromatic N) is 2. The molecule has 0 spiro atoms. The summed E-state index contributed by atoms with van der Waals surface area (Å²) in [5, 5.41) is 15.3. The van der Waals surface area contributed by atoms with E-state index in [1.165, 1.54) is 31.5 Å². The number of anilines is 2. The molecule has 0 amide bonds. The minimum atomic E-state index is -4.21. The van der Waals surface area contributed by atoms with E-state index in [4.69, 9.17) is 4.74 Å². The topological polar surface area (TPSA) is 123 Å². The largest absolute Gasteiger partial charge is 0.495 e. The number of para-hydroxylation sites is 2. The van der Waals surface area contributed by atoms with E-state index in [0.29, 0.717) is 5.75 Å². The average molecular weight is 473 g/mol. The molecular formula is C21H20N4O5S2. The van der Waals surface area contributed by atoms with Crippen LogP contribution in [0.4, 0.5) is 17.1 Å². The zero-order chi connectivity index (χ0) is 23.1. The number of methoxy groups -OCH3 is 1. The quantitative estimate of drug-likeness (QED) is 0.202. The highest BCUT2D eigenvalue weighted by molar-refractivity contribution is 7.98. The van der Waals surface area contributed by atoms with Gasteiger partial charge < -0.3 is 4.74 Å². The third-order valence-corrected chi connectivity index (χ3v) is 6.48. The molecule has 3 aromatic carbocycles. The number of sulfonamides is 1. The Morgan fingerprint density at radius 2 is 1.78 bits per heavy atom. The van der Waals surface area contributed by atoms with Crippen LogP contribution in [0.15, 0.2) is 81.6 Å². The molecule has 9 nitrogen and oxygen atoms in total. The molecule has 3 aromatic rings. The number of nitrogens with one attached hydrogen (secondary N) is 2. The van der Waals surface area contributed by atoms with Crippen LogP contribution in [0, 0.1) is 10.1 Å². The molecule has 2 N–H and O–H groups in total. The predicted octanol–water partition coefficient (Wildman–Crippen LogP) is 4.57. The number of hydrogen-bond donors (Lipinski definition) is 2. The Bertz CT molecular complexity index is 1250. The van der Waals surface area contributed by atoms with Gasteiger partial charge in [-0.15, -0.1) is 11.8 Å². The van der Waals surface area contributed by atoms with Crippen molar-refractivity contribution >= 4 is 45.1 Å². The van der Waals surface area contributed by atoms with Gasteiger partial charge >= 0.3 is 0 Å². The van der Waals surface area contributed by atoms with Gasteiger partial charge in [0.25, 0.3) is 15.7 Å². The highest BCUT2D eigenvalue weighted by Crippen LogP contribution is 2.31. The van der Waals surface area contributed by atoms with Crippen molar-refractivity contribution in [3.63, 3.8) is 0 Å².